The van der Waals surface area contributed by atoms with Gasteiger partial charge in [0.1, 0.15) is 5.82 Å². The fourth-order valence-corrected chi connectivity index (χ4v) is 2.95. The van der Waals surface area contributed by atoms with Crippen molar-refractivity contribution < 1.29 is 4.39 Å². The summed E-state index contributed by atoms with van der Waals surface area (Å²) in [6, 6.07) is 16.2. The number of hydrogen-bond acceptors (Lipinski definition) is 4. The molecule has 0 atom stereocenters. The van der Waals surface area contributed by atoms with Gasteiger partial charge in [0.15, 0.2) is 0 Å². The average Bonchev–Trinajstić information content (AvgIpc) is 2.65. The number of hydrogen-bond donors (Lipinski definition) is 1. The van der Waals surface area contributed by atoms with Crippen LogP contribution in [0.15, 0.2) is 59.4 Å². The van der Waals surface area contributed by atoms with Gasteiger partial charge in [-0.15, -0.1) is 12.4 Å². The van der Waals surface area contributed by atoms with Gasteiger partial charge in [-0.3, -0.25) is 4.79 Å². The molecule has 2 aromatic carbocycles. The molecule has 5 nitrogen and oxygen atoms in total. The number of halogens is 2. The van der Waals surface area contributed by atoms with Gasteiger partial charge >= 0.3 is 0 Å². The number of aromatic nitrogens is 2. The predicted octanol–water partition coefficient (Wildman–Crippen LogP) is 3.04. The topological polar surface area (TPSA) is 64.2 Å². The first-order valence-electron chi connectivity index (χ1n) is 8.76. The van der Waals surface area contributed by atoms with Crippen LogP contribution in [0.3, 0.4) is 0 Å². The van der Waals surface area contributed by atoms with Crippen LogP contribution < -0.4 is 11.3 Å². The Morgan fingerprint density at radius 2 is 1.79 bits per heavy atom. The van der Waals surface area contributed by atoms with E-state index in [-0.39, 0.29) is 30.3 Å². The van der Waals surface area contributed by atoms with Gasteiger partial charge in [-0.1, -0.05) is 30.3 Å². The first-order valence-corrected chi connectivity index (χ1v) is 8.76. The molecule has 0 amide bonds. The fourth-order valence-electron chi connectivity index (χ4n) is 2.95. The van der Waals surface area contributed by atoms with E-state index in [2.05, 4.69) is 5.10 Å². The van der Waals surface area contributed by atoms with Crippen LogP contribution in [0.5, 0.6) is 0 Å². The molecule has 0 radical (unpaired) electrons. The molecule has 7 heteroatoms. The van der Waals surface area contributed by atoms with Crippen LogP contribution in [0.1, 0.15) is 16.7 Å². The number of benzene rings is 2. The quantitative estimate of drug-likeness (QED) is 0.688. The third-order valence-corrected chi connectivity index (χ3v) is 4.27. The zero-order valence-corrected chi connectivity index (χ0v) is 16.7. The lowest BCUT2D eigenvalue weighted by atomic mass is 10.1. The Hall–Kier alpha value is -2.54. The number of nitrogens with two attached hydrogens (primary N) is 1. The van der Waals surface area contributed by atoms with E-state index in [1.54, 1.807) is 18.2 Å². The highest BCUT2D eigenvalue weighted by Gasteiger charge is 2.13. The standard InChI is InChI=1S/C21H23FN4O.ClH/c1-25(2)14-18-11-20(16-8-9-19(22)17(10-16)12-23)24-26(21(18)27)13-15-6-4-3-5-7-15;/h3-11H,12-14,23H2,1-2H3;1H. The maximum absolute atomic E-state index is 13.8. The lowest BCUT2D eigenvalue weighted by Crippen LogP contribution is -2.29. The molecule has 1 heterocycles. The Morgan fingerprint density at radius 3 is 2.43 bits per heavy atom. The second-order valence-corrected chi connectivity index (χ2v) is 6.75. The van der Waals surface area contributed by atoms with Crippen molar-refractivity contribution in [2.45, 2.75) is 19.6 Å². The summed E-state index contributed by atoms with van der Waals surface area (Å²) in [7, 11) is 3.82. The van der Waals surface area contributed by atoms with Crippen molar-refractivity contribution in [3.05, 3.63) is 87.5 Å². The van der Waals surface area contributed by atoms with Crippen LogP contribution in [0.4, 0.5) is 4.39 Å². The predicted molar refractivity (Wildman–Crippen MR) is 112 cm³/mol. The molecule has 3 aromatic rings. The lowest BCUT2D eigenvalue weighted by molar-refractivity contribution is 0.397. The SMILES string of the molecule is CN(C)Cc1cc(-c2ccc(F)c(CN)c2)nn(Cc2ccccc2)c1=O.Cl. The molecular formula is C21H24ClFN4O. The van der Waals surface area contributed by atoms with Crippen LogP contribution in [-0.4, -0.2) is 28.8 Å². The minimum atomic E-state index is -0.340. The molecule has 0 saturated heterocycles. The third-order valence-electron chi connectivity index (χ3n) is 4.27. The van der Waals surface area contributed by atoms with E-state index < -0.39 is 0 Å². The van der Waals surface area contributed by atoms with Crippen LogP contribution in [-0.2, 0) is 19.6 Å². The molecule has 3 rings (SSSR count). The van der Waals surface area contributed by atoms with Gasteiger partial charge < -0.3 is 10.6 Å². The van der Waals surface area contributed by atoms with Gasteiger partial charge in [-0.25, -0.2) is 9.07 Å². The minimum absolute atomic E-state index is 0. The van der Waals surface area contributed by atoms with E-state index >= 15 is 0 Å². The summed E-state index contributed by atoms with van der Waals surface area (Å²) in [5, 5.41) is 4.53. The zero-order valence-electron chi connectivity index (χ0n) is 15.9. The van der Waals surface area contributed by atoms with E-state index in [1.807, 2.05) is 49.3 Å². The molecule has 0 bridgehead atoms. The van der Waals surface area contributed by atoms with Crippen molar-refractivity contribution in [2.75, 3.05) is 14.1 Å². The molecule has 28 heavy (non-hydrogen) atoms. The number of rotatable bonds is 6. The summed E-state index contributed by atoms with van der Waals surface area (Å²) in [6.07, 6.45) is 0. The second-order valence-electron chi connectivity index (χ2n) is 6.75. The lowest BCUT2D eigenvalue weighted by Gasteiger charge is -2.14. The molecule has 0 aliphatic carbocycles. The van der Waals surface area contributed by atoms with Crippen molar-refractivity contribution in [1.29, 1.82) is 0 Å². The number of nitrogens with zero attached hydrogens (tertiary/aromatic N) is 3. The van der Waals surface area contributed by atoms with Crippen molar-refractivity contribution in [1.82, 2.24) is 14.7 Å². The van der Waals surface area contributed by atoms with Crippen molar-refractivity contribution in [3.63, 3.8) is 0 Å². The van der Waals surface area contributed by atoms with Crippen LogP contribution >= 0.6 is 12.4 Å². The van der Waals surface area contributed by atoms with Crippen LogP contribution in [0.2, 0.25) is 0 Å². The summed E-state index contributed by atoms with van der Waals surface area (Å²) in [6.45, 7) is 0.973. The Bertz CT molecular complexity index is 989. The second kappa shape index (κ2) is 9.59. The van der Waals surface area contributed by atoms with Gasteiger partial charge in [-0.05, 0) is 43.9 Å². The Balaban J connectivity index is 0.00000280. The highest BCUT2D eigenvalue weighted by Crippen LogP contribution is 2.21. The van der Waals surface area contributed by atoms with E-state index in [1.165, 1.54) is 10.7 Å². The summed E-state index contributed by atoms with van der Waals surface area (Å²) in [5.74, 6) is -0.340. The molecule has 0 aliphatic rings. The van der Waals surface area contributed by atoms with E-state index in [9.17, 15) is 9.18 Å². The van der Waals surface area contributed by atoms with Gasteiger partial charge in [-0.2, -0.15) is 5.10 Å². The average molecular weight is 403 g/mol. The Kier molecular flexibility index (Phi) is 7.45. The van der Waals surface area contributed by atoms with Crippen LogP contribution in [0, 0.1) is 5.82 Å². The summed E-state index contributed by atoms with van der Waals surface area (Å²) >= 11 is 0. The van der Waals surface area contributed by atoms with Crippen LogP contribution in [0.25, 0.3) is 11.3 Å². The minimum Gasteiger partial charge on any atom is -0.326 e. The first kappa shape index (κ1) is 21.8. The molecular weight excluding hydrogens is 379 g/mol. The van der Waals surface area contributed by atoms with Gasteiger partial charge in [0, 0.05) is 29.8 Å². The molecule has 0 spiro atoms. The van der Waals surface area contributed by atoms with Crippen molar-refractivity contribution in [3.8, 4) is 11.3 Å². The maximum Gasteiger partial charge on any atom is 0.271 e. The molecule has 1 aromatic heterocycles. The molecule has 2 N–H and O–H groups in total. The van der Waals surface area contributed by atoms with E-state index in [4.69, 9.17) is 5.73 Å². The Morgan fingerprint density at radius 1 is 1.07 bits per heavy atom. The smallest absolute Gasteiger partial charge is 0.271 e. The molecule has 0 fully saturated rings. The molecule has 0 saturated carbocycles. The highest BCUT2D eigenvalue weighted by molar-refractivity contribution is 5.85. The summed E-state index contributed by atoms with van der Waals surface area (Å²) in [4.78, 5) is 14.8. The first-order chi connectivity index (χ1) is 13.0. The third kappa shape index (κ3) is 5.04. The fraction of sp³-hybridized carbons (Fsp3) is 0.238. The molecule has 148 valence electrons. The molecule has 0 aliphatic heterocycles. The van der Waals surface area contributed by atoms with E-state index in [0.717, 1.165) is 11.1 Å². The van der Waals surface area contributed by atoms with Gasteiger partial charge in [0.2, 0.25) is 0 Å². The largest absolute Gasteiger partial charge is 0.326 e. The summed E-state index contributed by atoms with van der Waals surface area (Å²) < 4.78 is 15.3. The normalized spacial score (nSPS) is 10.8. The van der Waals surface area contributed by atoms with Crippen molar-refractivity contribution in [2.24, 2.45) is 5.73 Å². The van der Waals surface area contributed by atoms with E-state index in [0.29, 0.717) is 29.9 Å². The Labute approximate surface area is 170 Å². The zero-order chi connectivity index (χ0) is 19.4. The van der Waals surface area contributed by atoms with Gasteiger partial charge in [0.25, 0.3) is 5.56 Å². The van der Waals surface area contributed by atoms with Gasteiger partial charge in [0.05, 0.1) is 12.2 Å². The maximum atomic E-state index is 13.8. The monoisotopic (exact) mass is 402 g/mol. The molecule has 0 unspecified atom stereocenters. The highest BCUT2D eigenvalue weighted by atomic mass is 35.5. The van der Waals surface area contributed by atoms with Crippen molar-refractivity contribution >= 4 is 12.4 Å². The summed E-state index contributed by atoms with van der Waals surface area (Å²) in [5.41, 5.74) is 8.90.